The summed E-state index contributed by atoms with van der Waals surface area (Å²) in [6.45, 7) is 7.88. The zero-order valence-electron chi connectivity index (χ0n) is 17.9. The number of anilines is 1. The average Bonchev–Trinajstić information content (AvgIpc) is 3.07. The molecule has 3 heterocycles. The van der Waals surface area contributed by atoms with Gasteiger partial charge in [-0.15, -0.1) is 0 Å². The smallest absolute Gasteiger partial charge is 0.226 e. The number of pyridine rings is 1. The van der Waals surface area contributed by atoms with E-state index in [1.807, 2.05) is 29.3 Å². The Hall–Kier alpha value is -2.89. The summed E-state index contributed by atoms with van der Waals surface area (Å²) < 4.78 is 15.2. The van der Waals surface area contributed by atoms with Crippen LogP contribution in [0.25, 0.3) is 5.65 Å². The minimum absolute atomic E-state index is 0.0770. The van der Waals surface area contributed by atoms with E-state index < -0.39 is 0 Å². The van der Waals surface area contributed by atoms with E-state index in [0.717, 1.165) is 35.6 Å². The molecular weight excluding hydrogens is 379 g/mol. The predicted molar refractivity (Wildman–Crippen MR) is 117 cm³/mol. The van der Waals surface area contributed by atoms with Crippen LogP contribution in [0.2, 0.25) is 0 Å². The van der Waals surface area contributed by atoms with Crippen LogP contribution < -0.4 is 5.32 Å². The third-order valence-corrected chi connectivity index (χ3v) is 5.55. The number of fused-ring (bicyclic) bond motifs is 1. The van der Waals surface area contributed by atoms with Crippen molar-refractivity contribution in [2.24, 2.45) is 0 Å². The first-order valence-corrected chi connectivity index (χ1v) is 10.6. The number of hydrogen-bond acceptors (Lipinski definition) is 3. The molecule has 0 spiro atoms. The number of likely N-dealkylation sites (tertiary alicyclic amines) is 1. The summed E-state index contributed by atoms with van der Waals surface area (Å²) >= 11 is 0. The van der Waals surface area contributed by atoms with Gasteiger partial charge in [-0.1, -0.05) is 18.2 Å². The molecule has 4 rings (SSSR count). The lowest BCUT2D eigenvalue weighted by Crippen LogP contribution is -2.39. The van der Waals surface area contributed by atoms with Crippen LogP contribution in [0.1, 0.15) is 50.8 Å². The van der Waals surface area contributed by atoms with E-state index >= 15 is 0 Å². The first-order chi connectivity index (χ1) is 14.3. The summed E-state index contributed by atoms with van der Waals surface area (Å²) in [6.07, 6.45) is 4.13. The molecule has 0 radical (unpaired) electrons. The van der Waals surface area contributed by atoms with Gasteiger partial charge in [0.2, 0.25) is 5.91 Å². The highest BCUT2D eigenvalue weighted by molar-refractivity contribution is 5.79. The minimum Gasteiger partial charge on any atom is -0.365 e. The minimum atomic E-state index is -0.279. The van der Waals surface area contributed by atoms with Gasteiger partial charge in [0.05, 0.1) is 12.1 Å². The van der Waals surface area contributed by atoms with Crippen LogP contribution in [-0.2, 0) is 11.2 Å². The van der Waals surface area contributed by atoms with Crippen molar-refractivity contribution in [3.8, 4) is 0 Å². The molecule has 1 amide bonds. The molecule has 0 atom stereocenters. The van der Waals surface area contributed by atoms with Crippen LogP contribution in [0.4, 0.5) is 10.2 Å². The quantitative estimate of drug-likeness (QED) is 0.685. The van der Waals surface area contributed by atoms with Gasteiger partial charge in [-0.25, -0.2) is 9.37 Å². The van der Waals surface area contributed by atoms with Crippen LogP contribution in [0.5, 0.6) is 0 Å². The Labute approximate surface area is 176 Å². The largest absolute Gasteiger partial charge is 0.365 e. The number of carbonyl (C=O) groups is 1. The molecule has 0 saturated carbocycles. The van der Waals surface area contributed by atoms with E-state index in [1.165, 1.54) is 12.1 Å². The third kappa shape index (κ3) is 4.48. The summed E-state index contributed by atoms with van der Waals surface area (Å²) in [5, 5.41) is 3.63. The second-order valence-electron chi connectivity index (χ2n) is 9.11. The van der Waals surface area contributed by atoms with Crippen LogP contribution in [0.3, 0.4) is 0 Å². The maximum Gasteiger partial charge on any atom is 0.226 e. The topological polar surface area (TPSA) is 49.6 Å². The Kier molecular flexibility index (Phi) is 5.50. The number of imidazole rings is 1. The van der Waals surface area contributed by atoms with Gasteiger partial charge in [-0.05, 0) is 63.4 Å². The van der Waals surface area contributed by atoms with Gasteiger partial charge >= 0.3 is 0 Å². The van der Waals surface area contributed by atoms with Crippen molar-refractivity contribution in [2.45, 2.75) is 51.5 Å². The highest BCUT2D eigenvalue weighted by Gasteiger charge is 2.29. The van der Waals surface area contributed by atoms with E-state index in [2.05, 4.69) is 30.5 Å². The fraction of sp³-hybridized carbons (Fsp3) is 0.417. The number of hydrogen-bond donors (Lipinski definition) is 1. The Bertz CT molecular complexity index is 1030. The monoisotopic (exact) mass is 408 g/mol. The number of piperidine rings is 1. The number of nitrogens with zero attached hydrogens (tertiary/aromatic N) is 3. The highest BCUT2D eigenvalue weighted by Crippen LogP contribution is 2.34. The molecule has 0 unspecified atom stereocenters. The second kappa shape index (κ2) is 8.09. The Morgan fingerprint density at radius 1 is 1.13 bits per heavy atom. The fourth-order valence-corrected chi connectivity index (χ4v) is 4.07. The number of aromatic nitrogens is 2. The molecule has 0 aliphatic carbocycles. The van der Waals surface area contributed by atoms with Gasteiger partial charge in [0.15, 0.2) is 0 Å². The van der Waals surface area contributed by atoms with Crippen molar-refractivity contribution in [3.05, 3.63) is 65.7 Å². The Morgan fingerprint density at radius 2 is 1.83 bits per heavy atom. The molecular formula is C24H29FN4O. The molecule has 1 aliphatic rings. The molecule has 0 bridgehead atoms. The van der Waals surface area contributed by atoms with Crippen LogP contribution in [0.15, 0.2) is 48.7 Å². The number of rotatable bonds is 4. The molecule has 30 heavy (non-hydrogen) atoms. The number of amides is 1. The number of halogens is 1. The lowest BCUT2D eigenvalue weighted by molar-refractivity contribution is -0.131. The fourth-order valence-electron chi connectivity index (χ4n) is 4.07. The van der Waals surface area contributed by atoms with Gasteiger partial charge in [-0.2, -0.15) is 0 Å². The first-order valence-electron chi connectivity index (χ1n) is 10.6. The number of nitrogens with one attached hydrogen (secondary N) is 1. The summed E-state index contributed by atoms with van der Waals surface area (Å²) in [4.78, 5) is 19.5. The molecule has 1 saturated heterocycles. The molecule has 158 valence electrons. The van der Waals surface area contributed by atoms with E-state index in [4.69, 9.17) is 4.98 Å². The first kappa shape index (κ1) is 20.4. The standard InChI is InChI=1S/C24H29FN4O/c1-24(2,3)27-23-22(26-20-6-4-5-13-29(20)23)18-11-14-28(15-12-18)21(30)16-17-7-9-19(25)10-8-17/h4-10,13,18,27H,11-12,14-16H2,1-3H3. The van der Waals surface area contributed by atoms with Crippen molar-refractivity contribution < 1.29 is 9.18 Å². The van der Waals surface area contributed by atoms with Crippen LogP contribution in [0, 0.1) is 5.82 Å². The van der Waals surface area contributed by atoms with Gasteiger partial charge in [0.1, 0.15) is 17.3 Å². The number of carbonyl (C=O) groups excluding carboxylic acids is 1. The average molecular weight is 409 g/mol. The van der Waals surface area contributed by atoms with Crippen molar-refractivity contribution in [1.29, 1.82) is 0 Å². The van der Waals surface area contributed by atoms with E-state index in [9.17, 15) is 9.18 Å². The maximum absolute atomic E-state index is 13.1. The van der Waals surface area contributed by atoms with Crippen LogP contribution >= 0.6 is 0 Å². The second-order valence-corrected chi connectivity index (χ2v) is 9.11. The third-order valence-electron chi connectivity index (χ3n) is 5.55. The zero-order valence-corrected chi connectivity index (χ0v) is 17.9. The van der Waals surface area contributed by atoms with Gasteiger partial charge in [-0.3, -0.25) is 9.20 Å². The van der Waals surface area contributed by atoms with Crippen molar-refractivity contribution in [1.82, 2.24) is 14.3 Å². The van der Waals surface area contributed by atoms with Crippen molar-refractivity contribution in [3.63, 3.8) is 0 Å². The van der Waals surface area contributed by atoms with E-state index in [0.29, 0.717) is 25.4 Å². The molecule has 1 fully saturated rings. The van der Waals surface area contributed by atoms with Gasteiger partial charge in [0, 0.05) is 30.7 Å². The highest BCUT2D eigenvalue weighted by atomic mass is 19.1. The lowest BCUT2D eigenvalue weighted by Gasteiger charge is -2.32. The molecule has 1 aliphatic heterocycles. The van der Waals surface area contributed by atoms with Gasteiger partial charge in [0.25, 0.3) is 0 Å². The van der Waals surface area contributed by atoms with E-state index in [-0.39, 0.29) is 17.3 Å². The van der Waals surface area contributed by atoms with Crippen molar-refractivity contribution in [2.75, 3.05) is 18.4 Å². The van der Waals surface area contributed by atoms with Gasteiger partial charge < -0.3 is 10.2 Å². The zero-order chi connectivity index (χ0) is 21.3. The Morgan fingerprint density at radius 3 is 2.50 bits per heavy atom. The van der Waals surface area contributed by atoms with Crippen LogP contribution in [-0.4, -0.2) is 38.8 Å². The molecule has 1 aromatic carbocycles. The summed E-state index contributed by atoms with van der Waals surface area (Å²) in [7, 11) is 0. The SMILES string of the molecule is CC(C)(C)Nc1c(C2CCN(C(=O)Cc3ccc(F)cc3)CC2)nc2ccccn12. The molecule has 5 nitrogen and oxygen atoms in total. The molecule has 3 aromatic rings. The molecule has 2 aromatic heterocycles. The summed E-state index contributed by atoms with van der Waals surface area (Å²) in [6, 6.07) is 12.2. The predicted octanol–water partition coefficient (Wildman–Crippen LogP) is 4.63. The Balaban J connectivity index is 1.47. The molecule has 6 heteroatoms. The molecule has 1 N–H and O–H groups in total. The lowest BCUT2D eigenvalue weighted by atomic mass is 9.92. The number of benzene rings is 1. The van der Waals surface area contributed by atoms with Crippen molar-refractivity contribution >= 4 is 17.4 Å². The summed E-state index contributed by atoms with van der Waals surface area (Å²) in [5.74, 6) is 1.18. The normalized spacial score (nSPS) is 15.5. The van der Waals surface area contributed by atoms with E-state index in [1.54, 1.807) is 12.1 Å². The maximum atomic E-state index is 13.1. The summed E-state index contributed by atoms with van der Waals surface area (Å²) in [5.41, 5.74) is 2.79.